The van der Waals surface area contributed by atoms with Gasteiger partial charge >= 0.3 is 0 Å². The number of hydrogen-bond donors (Lipinski definition) is 2. The molecule has 0 radical (unpaired) electrons. The number of halogens is 1. The summed E-state index contributed by atoms with van der Waals surface area (Å²) in [4.78, 5) is 18.7. The highest BCUT2D eigenvalue weighted by atomic mass is 127. The van der Waals surface area contributed by atoms with E-state index < -0.39 is 0 Å². The van der Waals surface area contributed by atoms with Crippen molar-refractivity contribution in [2.75, 3.05) is 40.9 Å². The Balaban J connectivity index is 0.00000363. The fourth-order valence-corrected chi connectivity index (χ4v) is 3.85. The summed E-state index contributed by atoms with van der Waals surface area (Å²) in [7, 11) is 5.00. The predicted octanol–water partition coefficient (Wildman–Crippen LogP) is 3.08. The third-order valence-electron chi connectivity index (χ3n) is 5.52. The summed E-state index contributed by atoms with van der Waals surface area (Å²) in [5.74, 6) is 2.60. The van der Waals surface area contributed by atoms with E-state index >= 15 is 0 Å². The molecular weight excluding hydrogens is 519 g/mol. The van der Waals surface area contributed by atoms with Gasteiger partial charge in [-0.3, -0.25) is 9.79 Å². The lowest BCUT2D eigenvalue weighted by Gasteiger charge is -2.18. The van der Waals surface area contributed by atoms with Gasteiger partial charge in [0.05, 0.1) is 14.2 Å². The Morgan fingerprint density at radius 3 is 2.56 bits per heavy atom. The van der Waals surface area contributed by atoms with E-state index in [1.807, 2.05) is 41.3 Å². The molecule has 0 spiro atoms. The Hall–Kier alpha value is -2.49. The van der Waals surface area contributed by atoms with Gasteiger partial charge in [0.1, 0.15) is 0 Å². The molecule has 1 fully saturated rings. The molecule has 1 heterocycles. The lowest BCUT2D eigenvalue weighted by Crippen LogP contribution is -2.40. The van der Waals surface area contributed by atoms with Crippen molar-refractivity contribution in [3.63, 3.8) is 0 Å². The monoisotopic (exact) mass is 552 g/mol. The molecule has 1 aliphatic rings. The molecule has 0 aromatic heterocycles. The predicted molar refractivity (Wildman–Crippen MR) is 138 cm³/mol. The van der Waals surface area contributed by atoms with E-state index in [1.54, 1.807) is 21.3 Å². The molecule has 8 heteroatoms. The SMILES string of the molecule is CN=C(NCc1cccc(OC)c1OC)NCC1CC(=O)N(CCc2ccccc2)C1.I. The minimum Gasteiger partial charge on any atom is -0.493 e. The highest BCUT2D eigenvalue weighted by Gasteiger charge is 2.29. The van der Waals surface area contributed by atoms with E-state index in [0.717, 1.165) is 25.1 Å². The smallest absolute Gasteiger partial charge is 0.223 e. The highest BCUT2D eigenvalue weighted by molar-refractivity contribution is 14.0. The Morgan fingerprint density at radius 2 is 1.88 bits per heavy atom. The minimum atomic E-state index is 0. The van der Waals surface area contributed by atoms with Crippen LogP contribution < -0.4 is 20.1 Å². The minimum absolute atomic E-state index is 0. The summed E-state index contributed by atoms with van der Waals surface area (Å²) < 4.78 is 10.8. The number of nitrogens with one attached hydrogen (secondary N) is 2. The first-order chi connectivity index (χ1) is 15.1. The standard InChI is InChI=1S/C24H32N4O3.HI/c1-25-24(27-16-20-10-7-11-21(30-2)23(20)31-3)26-15-19-14-22(29)28(17-19)13-12-18-8-5-4-6-9-18;/h4-11,19H,12-17H2,1-3H3,(H2,25,26,27);1H. The number of amides is 1. The van der Waals surface area contributed by atoms with Gasteiger partial charge in [0, 0.05) is 51.1 Å². The molecule has 32 heavy (non-hydrogen) atoms. The van der Waals surface area contributed by atoms with Crippen LogP contribution in [0.25, 0.3) is 0 Å². The lowest BCUT2D eigenvalue weighted by atomic mass is 10.1. The van der Waals surface area contributed by atoms with E-state index in [1.165, 1.54) is 5.56 Å². The summed E-state index contributed by atoms with van der Waals surface area (Å²) >= 11 is 0. The summed E-state index contributed by atoms with van der Waals surface area (Å²) in [5, 5.41) is 6.66. The molecule has 1 amide bonds. The second-order valence-electron chi connectivity index (χ2n) is 7.60. The van der Waals surface area contributed by atoms with E-state index in [9.17, 15) is 4.79 Å². The fraction of sp³-hybridized carbons (Fsp3) is 0.417. The number of aliphatic imine (C=N–C) groups is 1. The molecule has 1 aliphatic heterocycles. The van der Waals surface area contributed by atoms with Crippen LogP contribution in [0.15, 0.2) is 53.5 Å². The van der Waals surface area contributed by atoms with Gasteiger partial charge in [-0.15, -0.1) is 24.0 Å². The Labute approximate surface area is 207 Å². The molecule has 0 bridgehead atoms. The van der Waals surface area contributed by atoms with Crippen LogP contribution in [0.5, 0.6) is 11.5 Å². The van der Waals surface area contributed by atoms with Gasteiger partial charge in [-0.25, -0.2) is 0 Å². The molecule has 174 valence electrons. The van der Waals surface area contributed by atoms with Gasteiger partial charge in [0.25, 0.3) is 0 Å². The van der Waals surface area contributed by atoms with Crippen molar-refractivity contribution in [1.82, 2.24) is 15.5 Å². The van der Waals surface area contributed by atoms with Crippen LogP contribution in [0.2, 0.25) is 0 Å². The van der Waals surface area contributed by atoms with E-state index in [4.69, 9.17) is 9.47 Å². The Kier molecular flexibility index (Phi) is 10.6. The molecule has 3 rings (SSSR count). The number of guanidine groups is 1. The molecule has 0 saturated carbocycles. The number of carbonyl (C=O) groups is 1. The average Bonchev–Trinajstić information content (AvgIpc) is 3.17. The summed E-state index contributed by atoms with van der Waals surface area (Å²) in [5.41, 5.74) is 2.24. The maximum atomic E-state index is 12.4. The number of ether oxygens (including phenoxy) is 2. The molecule has 0 aliphatic carbocycles. The largest absolute Gasteiger partial charge is 0.493 e. The zero-order valence-corrected chi connectivity index (χ0v) is 21.3. The third-order valence-corrected chi connectivity index (χ3v) is 5.52. The van der Waals surface area contributed by atoms with Crippen molar-refractivity contribution >= 4 is 35.8 Å². The number of rotatable bonds is 9. The van der Waals surface area contributed by atoms with Crippen LogP contribution in [0.3, 0.4) is 0 Å². The first-order valence-corrected chi connectivity index (χ1v) is 10.6. The van der Waals surface area contributed by atoms with Crippen LogP contribution in [-0.4, -0.2) is 57.7 Å². The molecule has 7 nitrogen and oxygen atoms in total. The van der Waals surface area contributed by atoms with Crippen molar-refractivity contribution in [2.24, 2.45) is 10.9 Å². The summed E-state index contributed by atoms with van der Waals surface area (Å²) in [6.45, 7) is 2.79. The van der Waals surface area contributed by atoms with Gasteiger partial charge in [0.15, 0.2) is 17.5 Å². The molecule has 2 N–H and O–H groups in total. The fourth-order valence-electron chi connectivity index (χ4n) is 3.85. The van der Waals surface area contributed by atoms with E-state index in [0.29, 0.717) is 37.0 Å². The second kappa shape index (κ2) is 13.1. The van der Waals surface area contributed by atoms with Crippen LogP contribution in [-0.2, 0) is 17.8 Å². The first-order valence-electron chi connectivity index (χ1n) is 10.6. The Morgan fingerprint density at radius 1 is 1.09 bits per heavy atom. The van der Waals surface area contributed by atoms with Crippen molar-refractivity contribution in [1.29, 1.82) is 0 Å². The van der Waals surface area contributed by atoms with Crippen LogP contribution >= 0.6 is 24.0 Å². The van der Waals surface area contributed by atoms with Gasteiger partial charge in [0.2, 0.25) is 5.91 Å². The zero-order valence-electron chi connectivity index (χ0n) is 19.0. The number of carbonyl (C=O) groups excluding carboxylic acids is 1. The maximum absolute atomic E-state index is 12.4. The third kappa shape index (κ3) is 7.01. The number of nitrogens with zero attached hydrogens (tertiary/aromatic N) is 2. The molecule has 1 atom stereocenters. The van der Waals surface area contributed by atoms with Crippen molar-refractivity contribution in [3.05, 3.63) is 59.7 Å². The summed E-state index contributed by atoms with van der Waals surface area (Å²) in [6.07, 6.45) is 1.46. The Bertz CT molecular complexity index is 892. The summed E-state index contributed by atoms with van der Waals surface area (Å²) in [6, 6.07) is 16.1. The molecular formula is C24H33IN4O3. The molecule has 1 unspecified atom stereocenters. The maximum Gasteiger partial charge on any atom is 0.223 e. The van der Waals surface area contributed by atoms with Crippen LogP contribution in [0.4, 0.5) is 0 Å². The number of hydrogen-bond acceptors (Lipinski definition) is 4. The molecule has 1 saturated heterocycles. The van der Waals surface area contributed by atoms with E-state index in [2.05, 4.69) is 27.8 Å². The normalized spacial score (nSPS) is 15.8. The average molecular weight is 552 g/mol. The van der Waals surface area contributed by atoms with Crippen LogP contribution in [0, 0.1) is 5.92 Å². The van der Waals surface area contributed by atoms with Gasteiger partial charge < -0.3 is 25.0 Å². The molecule has 2 aromatic carbocycles. The molecule has 2 aromatic rings. The lowest BCUT2D eigenvalue weighted by molar-refractivity contribution is -0.127. The van der Waals surface area contributed by atoms with Crippen molar-refractivity contribution in [3.8, 4) is 11.5 Å². The van der Waals surface area contributed by atoms with Crippen molar-refractivity contribution < 1.29 is 14.3 Å². The number of methoxy groups -OCH3 is 2. The van der Waals surface area contributed by atoms with Gasteiger partial charge in [-0.05, 0) is 18.1 Å². The highest BCUT2D eigenvalue weighted by Crippen LogP contribution is 2.30. The topological polar surface area (TPSA) is 75.2 Å². The number of likely N-dealkylation sites (tertiary alicyclic amines) is 1. The number of benzene rings is 2. The van der Waals surface area contributed by atoms with Crippen LogP contribution in [0.1, 0.15) is 17.5 Å². The van der Waals surface area contributed by atoms with E-state index in [-0.39, 0.29) is 35.8 Å². The van der Waals surface area contributed by atoms with Crippen molar-refractivity contribution in [2.45, 2.75) is 19.4 Å². The van der Waals surface area contributed by atoms with Gasteiger partial charge in [-0.1, -0.05) is 42.5 Å². The first kappa shape index (κ1) is 25.8. The number of para-hydroxylation sites is 1. The quantitative estimate of drug-likeness (QED) is 0.284. The second-order valence-corrected chi connectivity index (χ2v) is 7.60. The zero-order chi connectivity index (χ0) is 22.1. The van der Waals surface area contributed by atoms with Gasteiger partial charge in [-0.2, -0.15) is 0 Å².